The maximum atomic E-state index is 12.5. The van der Waals surface area contributed by atoms with Crippen LogP contribution < -0.4 is 0 Å². The zero-order chi connectivity index (χ0) is 15.7. The van der Waals surface area contributed by atoms with E-state index in [1.54, 1.807) is 29.5 Å². The molecule has 1 amide bonds. The number of para-hydroxylation sites is 1. The summed E-state index contributed by atoms with van der Waals surface area (Å²) in [6.07, 6.45) is 1.62. The maximum absolute atomic E-state index is 12.5. The smallest absolute Gasteiger partial charge is 0.255 e. The van der Waals surface area contributed by atoms with Crippen molar-refractivity contribution in [2.45, 2.75) is 19.9 Å². The van der Waals surface area contributed by atoms with Gasteiger partial charge in [0, 0.05) is 18.9 Å². The number of rotatable bonds is 3. The molecular weight excluding hydrogens is 294 g/mol. The van der Waals surface area contributed by atoms with E-state index < -0.39 is 0 Å². The molecule has 0 aliphatic carbocycles. The van der Waals surface area contributed by atoms with Crippen LogP contribution in [0.2, 0.25) is 0 Å². The van der Waals surface area contributed by atoms with Crippen LogP contribution in [0.4, 0.5) is 0 Å². The molecule has 0 saturated heterocycles. The zero-order valence-electron chi connectivity index (χ0n) is 12.8. The lowest BCUT2D eigenvalue weighted by atomic mass is 10.2. The standard InChI is InChI=1S/C17H17N3OS/c1-11-8-9-13(10-18-11)17(21)20(3)12(2)16-19-14-6-4-5-7-15(14)22-16/h4-10,12H,1-3H3/t12-/m1/s1. The Balaban J connectivity index is 1.85. The third kappa shape index (κ3) is 2.72. The monoisotopic (exact) mass is 311 g/mol. The molecule has 0 unspecified atom stereocenters. The quantitative estimate of drug-likeness (QED) is 0.738. The number of aromatic nitrogens is 2. The van der Waals surface area contributed by atoms with E-state index in [0.29, 0.717) is 5.56 Å². The lowest BCUT2D eigenvalue weighted by Gasteiger charge is -2.23. The van der Waals surface area contributed by atoms with Gasteiger partial charge in [-0.15, -0.1) is 11.3 Å². The number of carbonyl (C=O) groups is 1. The van der Waals surface area contributed by atoms with Crippen molar-refractivity contribution in [3.8, 4) is 0 Å². The largest absolute Gasteiger partial charge is 0.332 e. The molecule has 0 aliphatic heterocycles. The normalized spacial score (nSPS) is 12.3. The highest BCUT2D eigenvalue weighted by Crippen LogP contribution is 2.29. The Morgan fingerprint density at radius 3 is 2.68 bits per heavy atom. The first-order valence-corrected chi connectivity index (χ1v) is 7.93. The summed E-state index contributed by atoms with van der Waals surface area (Å²) in [7, 11) is 1.80. The van der Waals surface area contributed by atoms with Gasteiger partial charge in [-0.3, -0.25) is 9.78 Å². The van der Waals surface area contributed by atoms with E-state index in [-0.39, 0.29) is 11.9 Å². The second-order valence-corrected chi connectivity index (χ2v) is 6.36. The number of carbonyl (C=O) groups excluding carboxylic acids is 1. The van der Waals surface area contributed by atoms with Crippen LogP contribution in [0.25, 0.3) is 10.2 Å². The number of aryl methyl sites for hydroxylation is 1. The summed E-state index contributed by atoms with van der Waals surface area (Å²) in [6.45, 7) is 3.90. The van der Waals surface area contributed by atoms with Gasteiger partial charge in [0.2, 0.25) is 0 Å². The van der Waals surface area contributed by atoms with Crippen LogP contribution in [0.5, 0.6) is 0 Å². The number of amides is 1. The van der Waals surface area contributed by atoms with E-state index in [0.717, 1.165) is 20.9 Å². The van der Waals surface area contributed by atoms with E-state index in [4.69, 9.17) is 0 Å². The van der Waals surface area contributed by atoms with Crippen molar-refractivity contribution in [3.05, 3.63) is 58.9 Å². The Morgan fingerprint density at radius 2 is 2.00 bits per heavy atom. The Morgan fingerprint density at radius 1 is 1.23 bits per heavy atom. The van der Waals surface area contributed by atoms with E-state index >= 15 is 0 Å². The fourth-order valence-corrected chi connectivity index (χ4v) is 3.27. The van der Waals surface area contributed by atoms with E-state index in [9.17, 15) is 4.79 Å². The van der Waals surface area contributed by atoms with E-state index in [1.807, 2.05) is 44.2 Å². The molecule has 0 fully saturated rings. The number of thiazole rings is 1. The van der Waals surface area contributed by atoms with Crippen LogP contribution in [0.15, 0.2) is 42.6 Å². The summed E-state index contributed by atoms with van der Waals surface area (Å²) in [5.74, 6) is -0.0424. The molecule has 0 aliphatic rings. The van der Waals surface area contributed by atoms with Crippen molar-refractivity contribution in [3.63, 3.8) is 0 Å². The highest BCUT2D eigenvalue weighted by Gasteiger charge is 2.21. The van der Waals surface area contributed by atoms with Crippen molar-refractivity contribution in [2.24, 2.45) is 0 Å². The van der Waals surface area contributed by atoms with Gasteiger partial charge in [0.05, 0.1) is 21.8 Å². The first kappa shape index (κ1) is 14.7. The van der Waals surface area contributed by atoms with Crippen molar-refractivity contribution in [2.75, 3.05) is 7.05 Å². The number of hydrogen-bond acceptors (Lipinski definition) is 4. The lowest BCUT2D eigenvalue weighted by molar-refractivity contribution is 0.0742. The average Bonchev–Trinajstić information content (AvgIpc) is 2.97. The van der Waals surface area contributed by atoms with Gasteiger partial charge in [-0.2, -0.15) is 0 Å². The predicted octanol–water partition coefficient (Wildman–Crippen LogP) is 3.83. The summed E-state index contributed by atoms with van der Waals surface area (Å²) in [6, 6.07) is 11.6. The first-order chi connectivity index (χ1) is 10.6. The minimum atomic E-state index is -0.0776. The number of fused-ring (bicyclic) bond motifs is 1. The van der Waals surface area contributed by atoms with Gasteiger partial charge >= 0.3 is 0 Å². The van der Waals surface area contributed by atoms with Gasteiger partial charge in [-0.25, -0.2) is 4.98 Å². The molecule has 2 heterocycles. The topological polar surface area (TPSA) is 46.1 Å². The average molecular weight is 311 g/mol. The number of nitrogens with zero attached hydrogens (tertiary/aromatic N) is 3. The second kappa shape index (κ2) is 5.85. The predicted molar refractivity (Wildman–Crippen MR) is 89.1 cm³/mol. The second-order valence-electron chi connectivity index (χ2n) is 5.30. The fraction of sp³-hybridized carbons (Fsp3) is 0.235. The number of benzene rings is 1. The molecule has 3 rings (SSSR count). The summed E-state index contributed by atoms with van der Waals surface area (Å²) >= 11 is 1.63. The summed E-state index contributed by atoms with van der Waals surface area (Å²) in [5, 5.41) is 0.942. The van der Waals surface area contributed by atoms with Gasteiger partial charge in [-0.05, 0) is 38.1 Å². The fourth-order valence-electron chi connectivity index (χ4n) is 2.21. The van der Waals surface area contributed by atoms with Crippen molar-refractivity contribution in [1.82, 2.24) is 14.9 Å². The Hall–Kier alpha value is -2.27. The molecule has 0 spiro atoms. The molecule has 1 aromatic carbocycles. The molecule has 22 heavy (non-hydrogen) atoms. The molecular formula is C17H17N3OS. The van der Waals surface area contributed by atoms with Crippen LogP contribution >= 0.6 is 11.3 Å². The molecule has 4 nitrogen and oxygen atoms in total. The van der Waals surface area contributed by atoms with Gasteiger partial charge in [0.15, 0.2) is 0 Å². The van der Waals surface area contributed by atoms with Crippen molar-refractivity contribution < 1.29 is 4.79 Å². The molecule has 2 aromatic heterocycles. The molecule has 0 radical (unpaired) electrons. The first-order valence-electron chi connectivity index (χ1n) is 7.11. The molecule has 0 N–H and O–H groups in total. The third-order valence-electron chi connectivity index (χ3n) is 3.73. The van der Waals surface area contributed by atoms with Gasteiger partial charge < -0.3 is 4.90 Å². The Labute approximate surface area is 133 Å². The van der Waals surface area contributed by atoms with Gasteiger partial charge in [0.1, 0.15) is 5.01 Å². The maximum Gasteiger partial charge on any atom is 0.255 e. The lowest BCUT2D eigenvalue weighted by Crippen LogP contribution is -2.29. The molecule has 5 heteroatoms. The Kier molecular flexibility index (Phi) is 3.90. The Bertz CT molecular complexity index is 777. The summed E-state index contributed by atoms with van der Waals surface area (Å²) in [4.78, 5) is 23.1. The molecule has 112 valence electrons. The minimum Gasteiger partial charge on any atom is -0.332 e. The van der Waals surface area contributed by atoms with Crippen LogP contribution in [0.1, 0.15) is 34.0 Å². The van der Waals surface area contributed by atoms with Gasteiger partial charge in [-0.1, -0.05) is 12.1 Å². The van der Waals surface area contributed by atoms with Crippen LogP contribution in [-0.4, -0.2) is 27.8 Å². The SMILES string of the molecule is Cc1ccc(C(=O)N(C)[C@H](C)c2nc3ccccc3s2)cn1. The van der Waals surface area contributed by atoms with Gasteiger partial charge in [0.25, 0.3) is 5.91 Å². The summed E-state index contributed by atoms with van der Waals surface area (Å²) < 4.78 is 1.14. The van der Waals surface area contributed by atoms with E-state index in [1.165, 1.54) is 0 Å². The van der Waals surface area contributed by atoms with E-state index in [2.05, 4.69) is 16.0 Å². The van der Waals surface area contributed by atoms with Crippen molar-refractivity contribution in [1.29, 1.82) is 0 Å². The number of pyridine rings is 1. The van der Waals surface area contributed by atoms with Crippen molar-refractivity contribution >= 4 is 27.5 Å². The third-order valence-corrected chi connectivity index (χ3v) is 4.93. The van der Waals surface area contributed by atoms with Crippen LogP contribution in [-0.2, 0) is 0 Å². The van der Waals surface area contributed by atoms with Crippen LogP contribution in [0, 0.1) is 6.92 Å². The molecule has 1 atom stereocenters. The number of hydrogen-bond donors (Lipinski definition) is 0. The minimum absolute atomic E-state index is 0.0424. The highest BCUT2D eigenvalue weighted by atomic mass is 32.1. The molecule has 0 saturated carbocycles. The molecule has 0 bridgehead atoms. The summed E-state index contributed by atoms with van der Waals surface area (Å²) in [5.41, 5.74) is 2.48. The zero-order valence-corrected chi connectivity index (χ0v) is 13.6. The molecule has 3 aromatic rings. The highest BCUT2D eigenvalue weighted by molar-refractivity contribution is 7.18. The van der Waals surface area contributed by atoms with Crippen LogP contribution in [0.3, 0.4) is 0 Å².